The minimum absolute atomic E-state index is 0.116. The standard InChI is InChI=1S/C28H33NO7/c1-15-12-19-25(26(30)22(15)27(31)33-3)24(17-10-11-20-21(13-17)35-14-34-20)23(16(2)29-19)28(32)36-18-8-6-4-5-7-9-18/h10-11,13,15,18,22,24,29H,4-9,12,14H2,1-3H3/t15-,22-,24+/m1/s1. The molecule has 0 bridgehead atoms. The van der Waals surface area contributed by atoms with Gasteiger partial charge in [-0.2, -0.15) is 0 Å². The highest BCUT2D eigenvalue weighted by Gasteiger charge is 2.47. The van der Waals surface area contributed by atoms with Crippen LogP contribution in [0, 0.1) is 11.8 Å². The Bertz CT molecular complexity index is 1140. The smallest absolute Gasteiger partial charge is 0.337 e. The molecule has 1 saturated carbocycles. The van der Waals surface area contributed by atoms with Gasteiger partial charge in [0.15, 0.2) is 17.3 Å². The molecule has 4 aliphatic rings. The minimum Gasteiger partial charge on any atom is -0.468 e. The van der Waals surface area contributed by atoms with Gasteiger partial charge < -0.3 is 24.3 Å². The van der Waals surface area contributed by atoms with E-state index < -0.39 is 23.8 Å². The van der Waals surface area contributed by atoms with E-state index in [-0.39, 0.29) is 24.6 Å². The van der Waals surface area contributed by atoms with E-state index in [1.165, 1.54) is 7.11 Å². The number of rotatable bonds is 4. The third-order valence-corrected chi connectivity index (χ3v) is 7.77. The Labute approximate surface area is 211 Å². The second-order valence-corrected chi connectivity index (χ2v) is 10.2. The lowest BCUT2D eigenvalue weighted by Gasteiger charge is -2.38. The molecular formula is C28H33NO7. The number of fused-ring (bicyclic) bond motifs is 1. The van der Waals surface area contributed by atoms with Crippen molar-refractivity contribution in [1.29, 1.82) is 0 Å². The molecule has 0 saturated heterocycles. The molecule has 8 heteroatoms. The monoisotopic (exact) mass is 495 g/mol. The quantitative estimate of drug-likeness (QED) is 0.375. The van der Waals surface area contributed by atoms with Crippen molar-refractivity contribution < 1.29 is 33.3 Å². The lowest BCUT2D eigenvalue weighted by atomic mass is 9.69. The number of esters is 2. The number of benzene rings is 1. The van der Waals surface area contributed by atoms with Gasteiger partial charge in [-0.05, 0) is 62.6 Å². The fourth-order valence-electron chi connectivity index (χ4n) is 5.95. The summed E-state index contributed by atoms with van der Waals surface area (Å²) in [5, 5.41) is 3.32. The average Bonchev–Trinajstić information content (AvgIpc) is 3.18. The summed E-state index contributed by atoms with van der Waals surface area (Å²) < 4.78 is 22.1. The van der Waals surface area contributed by atoms with Crippen molar-refractivity contribution in [1.82, 2.24) is 5.32 Å². The molecule has 0 spiro atoms. The third-order valence-electron chi connectivity index (χ3n) is 7.77. The Morgan fingerprint density at radius 1 is 1.06 bits per heavy atom. The van der Waals surface area contributed by atoms with Crippen molar-refractivity contribution in [3.63, 3.8) is 0 Å². The molecule has 2 heterocycles. The maximum atomic E-state index is 13.9. The number of nitrogens with one attached hydrogen (secondary N) is 1. The Balaban J connectivity index is 1.57. The zero-order chi connectivity index (χ0) is 25.4. The minimum atomic E-state index is -0.926. The predicted octanol–water partition coefficient (Wildman–Crippen LogP) is 4.29. The number of ether oxygens (including phenoxy) is 4. The van der Waals surface area contributed by atoms with Crippen LogP contribution in [0.5, 0.6) is 11.5 Å². The first-order valence-corrected chi connectivity index (χ1v) is 12.8. The van der Waals surface area contributed by atoms with E-state index >= 15 is 0 Å². The first-order valence-electron chi connectivity index (χ1n) is 12.8. The van der Waals surface area contributed by atoms with E-state index in [0.717, 1.165) is 44.2 Å². The maximum absolute atomic E-state index is 13.9. The summed E-state index contributed by atoms with van der Waals surface area (Å²) in [6.07, 6.45) is 6.40. The first-order chi connectivity index (χ1) is 17.4. The van der Waals surface area contributed by atoms with E-state index in [4.69, 9.17) is 18.9 Å². The van der Waals surface area contributed by atoms with Gasteiger partial charge in [0, 0.05) is 22.9 Å². The van der Waals surface area contributed by atoms with Crippen molar-refractivity contribution in [2.45, 2.75) is 70.8 Å². The number of carbonyl (C=O) groups excluding carboxylic acids is 3. The lowest BCUT2D eigenvalue weighted by Crippen LogP contribution is -2.43. The fraction of sp³-hybridized carbons (Fsp3) is 0.536. The third kappa shape index (κ3) is 4.38. The molecular weight excluding hydrogens is 462 g/mol. The lowest BCUT2D eigenvalue weighted by molar-refractivity contribution is -0.151. The second kappa shape index (κ2) is 9.99. The number of allylic oxidation sites excluding steroid dienone is 3. The number of hydrogen-bond acceptors (Lipinski definition) is 8. The molecule has 1 N–H and O–H groups in total. The molecule has 2 aliphatic carbocycles. The Hall–Kier alpha value is -3.29. The van der Waals surface area contributed by atoms with Crippen LogP contribution < -0.4 is 14.8 Å². The molecule has 192 valence electrons. The first kappa shape index (κ1) is 24.4. The molecule has 2 aliphatic heterocycles. The largest absolute Gasteiger partial charge is 0.468 e. The van der Waals surface area contributed by atoms with E-state index in [0.29, 0.717) is 40.3 Å². The SMILES string of the molecule is COC(=O)[C@H]1C(=O)C2=C(C[C@H]1C)NC(C)=C(C(=O)OC1CCCCCC1)[C@@H]2c1ccc2c(c1)OCO2. The molecule has 0 unspecified atom stereocenters. The number of Topliss-reactive ketones (excluding diaryl/α,β-unsaturated/α-hetero) is 1. The van der Waals surface area contributed by atoms with Gasteiger partial charge in [-0.1, -0.05) is 25.8 Å². The fourth-order valence-corrected chi connectivity index (χ4v) is 5.95. The summed E-state index contributed by atoms with van der Waals surface area (Å²) in [5.74, 6) is -1.99. The van der Waals surface area contributed by atoms with Gasteiger partial charge in [0.25, 0.3) is 0 Å². The van der Waals surface area contributed by atoms with Gasteiger partial charge in [0.1, 0.15) is 12.0 Å². The Morgan fingerprint density at radius 2 is 1.78 bits per heavy atom. The van der Waals surface area contributed by atoms with Crippen molar-refractivity contribution in [3.05, 3.63) is 46.3 Å². The number of carbonyl (C=O) groups is 3. The second-order valence-electron chi connectivity index (χ2n) is 10.2. The van der Waals surface area contributed by atoms with Crippen LogP contribution in [-0.4, -0.2) is 37.7 Å². The molecule has 36 heavy (non-hydrogen) atoms. The predicted molar refractivity (Wildman–Crippen MR) is 130 cm³/mol. The van der Waals surface area contributed by atoms with Crippen LogP contribution in [0.1, 0.15) is 70.3 Å². The number of methoxy groups -OCH3 is 1. The summed E-state index contributed by atoms with van der Waals surface area (Å²) in [6.45, 7) is 3.83. The van der Waals surface area contributed by atoms with Crippen molar-refractivity contribution in [2.75, 3.05) is 13.9 Å². The van der Waals surface area contributed by atoms with Crippen LogP contribution in [0.4, 0.5) is 0 Å². The zero-order valence-electron chi connectivity index (χ0n) is 21.1. The Morgan fingerprint density at radius 3 is 2.50 bits per heavy atom. The van der Waals surface area contributed by atoms with Crippen molar-refractivity contribution in [3.8, 4) is 11.5 Å². The van der Waals surface area contributed by atoms with E-state index in [1.807, 2.05) is 26.0 Å². The maximum Gasteiger partial charge on any atom is 0.337 e. The molecule has 1 aromatic carbocycles. The van der Waals surface area contributed by atoms with Crippen molar-refractivity contribution in [2.24, 2.45) is 11.8 Å². The van der Waals surface area contributed by atoms with Gasteiger partial charge in [-0.3, -0.25) is 9.59 Å². The highest BCUT2D eigenvalue weighted by Crippen LogP contribution is 2.47. The Kier molecular flexibility index (Phi) is 6.77. The molecule has 1 fully saturated rings. The summed E-state index contributed by atoms with van der Waals surface area (Å²) in [7, 11) is 1.29. The van der Waals surface area contributed by atoms with Crippen LogP contribution in [0.25, 0.3) is 0 Å². The normalized spacial score (nSPS) is 26.2. The highest BCUT2D eigenvalue weighted by molar-refractivity contribution is 6.12. The number of dihydropyridines is 1. The van der Waals surface area contributed by atoms with E-state index in [9.17, 15) is 14.4 Å². The molecule has 0 aromatic heterocycles. The van der Waals surface area contributed by atoms with E-state index in [1.54, 1.807) is 6.07 Å². The summed E-state index contributed by atoms with van der Waals surface area (Å²) in [5.41, 5.74) is 2.92. The summed E-state index contributed by atoms with van der Waals surface area (Å²) >= 11 is 0. The van der Waals surface area contributed by atoms with Crippen LogP contribution >= 0.6 is 0 Å². The number of hydrogen-bond donors (Lipinski definition) is 1. The van der Waals surface area contributed by atoms with Gasteiger partial charge in [0.2, 0.25) is 6.79 Å². The van der Waals surface area contributed by atoms with Crippen LogP contribution in [0.3, 0.4) is 0 Å². The summed E-state index contributed by atoms with van der Waals surface area (Å²) in [4.78, 5) is 40.2. The molecule has 0 amide bonds. The topological polar surface area (TPSA) is 100 Å². The highest BCUT2D eigenvalue weighted by atomic mass is 16.7. The molecule has 8 nitrogen and oxygen atoms in total. The molecule has 5 rings (SSSR count). The van der Waals surface area contributed by atoms with E-state index in [2.05, 4.69) is 5.32 Å². The van der Waals surface area contributed by atoms with Crippen LogP contribution in [0.15, 0.2) is 40.7 Å². The van der Waals surface area contributed by atoms with Gasteiger partial charge in [-0.25, -0.2) is 4.79 Å². The molecule has 0 radical (unpaired) electrons. The zero-order valence-corrected chi connectivity index (χ0v) is 21.1. The summed E-state index contributed by atoms with van der Waals surface area (Å²) in [6, 6.07) is 5.45. The molecule has 1 aromatic rings. The van der Waals surface area contributed by atoms with Crippen LogP contribution in [-0.2, 0) is 23.9 Å². The van der Waals surface area contributed by atoms with Crippen LogP contribution in [0.2, 0.25) is 0 Å². The van der Waals surface area contributed by atoms with Gasteiger partial charge in [-0.15, -0.1) is 0 Å². The number of ketones is 1. The van der Waals surface area contributed by atoms with Gasteiger partial charge >= 0.3 is 11.9 Å². The average molecular weight is 496 g/mol. The van der Waals surface area contributed by atoms with Gasteiger partial charge in [0.05, 0.1) is 12.7 Å². The molecule has 3 atom stereocenters. The van der Waals surface area contributed by atoms with Crippen molar-refractivity contribution >= 4 is 17.7 Å².